The lowest BCUT2D eigenvalue weighted by molar-refractivity contribution is -0.109. The van der Waals surface area contributed by atoms with Gasteiger partial charge in [0, 0.05) is 24.7 Å². The number of aryl methyl sites for hydroxylation is 1. The van der Waals surface area contributed by atoms with Gasteiger partial charge in [-0.1, -0.05) is 23.6 Å². The summed E-state index contributed by atoms with van der Waals surface area (Å²) in [5.41, 5.74) is 2.35. The lowest BCUT2D eigenvalue weighted by Crippen LogP contribution is -2.01. The molecule has 1 rings (SSSR count). The molecule has 0 heterocycles. The third-order valence-corrected chi connectivity index (χ3v) is 3.22. The van der Waals surface area contributed by atoms with E-state index < -0.39 is 0 Å². The summed E-state index contributed by atoms with van der Waals surface area (Å²) in [6.45, 7) is 3.45. The molecule has 0 aliphatic carbocycles. The van der Waals surface area contributed by atoms with Crippen LogP contribution < -0.4 is 0 Å². The number of benzene rings is 1. The minimum absolute atomic E-state index is 0.111. The van der Waals surface area contributed by atoms with Gasteiger partial charge in [0.25, 0.3) is 0 Å². The van der Waals surface area contributed by atoms with Crippen LogP contribution in [0.15, 0.2) is 18.2 Å². The van der Waals surface area contributed by atoms with E-state index in [1.807, 2.05) is 13.0 Å². The van der Waals surface area contributed by atoms with Gasteiger partial charge in [-0.15, -0.1) is 0 Å². The highest BCUT2D eigenvalue weighted by molar-refractivity contribution is 8.13. The Hall–Kier alpha value is -1.73. The molecule has 19 heavy (non-hydrogen) atoms. The average Bonchev–Trinajstić information content (AvgIpc) is 2.38. The van der Waals surface area contributed by atoms with Crippen LogP contribution in [-0.2, 0) is 9.53 Å². The predicted molar refractivity (Wildman–Crippen MR) is 77.2 cm³/mol. The second kappa shape index (κ2) is 7.65. The SMILES string of the molecule is COC(=O)c1ccc(C#CCCSC(C)=O)c(C)c1. The smallest absolute Gasteiger partial charge is 0.337 e. The number of thioether (sulfide) groups is 1. The third-order valence-electron chi connectivity index (χ3n) is 2.40. The monoisotopic (exact) mass is 276 g/mol. The van der Waals surface area contributed by atoms with Gasteiger partial charge in [-0.25, -0.2) is 4.79 Å². The van der Waals surface area contributed by atoms with E-state index in [0.29, 0.717) is 17.7 Å². The number of carbonyl (C=O) groups is 2. The second-order valence-corrected chi connectivity index (χ2v) is 5.18. The van der Waals surface area contributed by atoms with Crippen LogP contribution in [0.1, 0.15) is 34.8 Å². The summed E-state index contributed by atoms with van der Waals surface area (Å²) in [4.78, 5) is 22.1. The van der Waals surface area contributed by atoms with Crippen LogP contribution in [0.3, 0.4) is 0 Å². The van der Waals surface area contributed by atoms with Crippen LogP contribution in [0.2, 0.25) is 0 Å². The van der Waals surface area contributed by atoms with Crippen molar-refractivity contribution < 1.29 is 14.3 Å². The Balaban J connectivity index is 2.67. The fourth-order valence-electron chi connectivity index (χ4n) is 1.45. The van der Waals surface area contributed by atoms with Crippen LogP contribution in [-0.4, -0.2) is 23.9 Å². The number of esters is 1. The molecule has 0 amide bonds. The van der Waals surface area contributed by atoms with Gasteiger partial charge in [0.15, 0.2) is 5.12 Å². The minimum Gasteiger partial charge on any atom is -0.465 e. The van der Waals surface area contributed by atoms with Gasteiger partial charge in [0.2, 0.25) is 0 Å². The predicted octanol–water partition coefficient (Wildman–Crippen LogP) is 2.80. The molecule has 0 fully saturated rings. The molecular weight excluding hydrogens is 260 g/mol. The van der Waals surface area contributed by atoms with Crippen molar-refractivity contribution in [2.45, 2.75) is 20.3 Å². The minimum atomic E-state index is -0.347. The van der Waals surface area contributed by atoms with Crippen LogP contribution >= 0.6 is 11.8 Å². The molecule has 0 bridgehead atoms. The highest BCUT2D eigenvalue weighted by Crippen LogP contribution is 2.11. The van der Waals surface area contributed by atoms with Crippen LogP contribution in [0.25, 0.3) is 0 Å². The first-order valence-corrected chi connectivity index (χ1v) is 6.84. The van der Waals surface area contributed by atoms with E-state index in [1.54, 1.807) is 19.1 Å². The first-order chi connectivity index (χ1) is 9.04. The van der Waals surface area contributed by atoms with E-state index in [0.717, 1.165) is 11.1 Å². The zero-order valence-electron chi connectivity index (χ0n) is 11.3. The number of ether oxygens (including phenoxy) is 1. The summed E-state index contributed by atoms with van der Waals surface area (Å²) < 4.78 is 4.66. The van der Waals surface area contributed by atoms with Gasteiger partial charge in [0.05, 0.1) is 12.7 Å². The average molecular weight is 276 g/mol. The second-order valence-electron chi connectivity index (χ2n) is 3.91. The molecular formula is C15H16O3S. The number of rotatable bonds is 3. The first kappa shape index (κ1) is 15.3. The number of hydrogen-bond acceptors (Lipinski definition) is 4. The first-order valence-electron chi connectivity index (χ1n) is 5.86. The molecule has 0 N–H and O–H groups in total. The fourth-order valence-corrected chi connectivity index (χ4v) is 1.94. The van der Waals surface area contributed by atoms with Crippen LogP contribution in [0, 0.1) is 18.8 Å². The maximum Gasteiger partial charge on any atom is 0.337 e. The van der Waals surface area contributed by atoms with Crippen molar-refractivity contribution in [3.63, 3.8) is 0 Å². The molecule has 1 aromatic rings. The van der Waals surface area contributed by atoms with Crippen LogP contribution in [0.5, 0.6) is 0 Å². The van der Waals surface area contributed by atoms with Gasteiger partial charge in [-0.3, -0.25) is 4.79 Å². The Labute approximate surface area is 117 Å². The number of hydrogen-bond donors (Lipinski definition) is 0. The number of carbonyl (C=O) groups excluding carboxylic acids is 2. The maximum atomic E-state index is 11.3. The van der Waals surface area contributed by atoms with Gasteiger partial charge in [-0.05, 0) is 30.7 Å². The summed E-state index contributed by atoms with van der Waals surface area (Å²) in [6, 6.07) is 5.28. The fraction of sp³-hybridized carbons (Fsp3) is 0.333. The normalized spacial score (nSPS) is 9.42. The molecule has 100 valence electrons. The lowest BCUT2D eigenvalue weighted by atomic mass is 10.1. The molecule has 3 nitrogen and oxygen atoms in total. The van der Waals surface area contributed by atoms with Gasteiger partial charge < -0.3 is 4.74 Å². The molecule has 0 atom stereocenters. The van der Waals surface area contributed by atoms with Crippen molar-refractivity contribution in [2.75, 3.05) is 12.9 Å². The Morgan fingerprint density at radius 3 is 2.68 bits per heavy atom. The third kappa shape index (κ3) is 5.19. The zero-order chi connectivity index (χ0) is 14.3. The zero-order valence-corrected chi connectivity index (χ0v) is 12.1. The number of methoxy groups -OCH3 is 1. The summed E-state index contributed by atoms with van der Waals surface area (Å²) in [6.07, 6.45) is 0.669. The summed E-state index contributed by atoms with van der Waals surface area (Å²) in [5, 5.41) is 0.111. The van der Waals surface area contributed by atoms with Crippen LogP contribution in [0.4, 0.5) is 0 Å². The molecule has 0 aliphatic heterocycles. The van der Waals surface area contributed by atoms with Gasteiger partial charge >= 0.3 is 5.97 Å². The molecule has 0 aliphatic rings. The Bertz CT molecular complexity index is 538. The van der Waals surface area contributed by atoms with Crippen molar-refractivity contribution in [1.82, 2.24) is 0 Å². The highest BCUT2D eigenvalue weighted by Gasteiger charge is 2.06. The Kier molecular flexibility index (Phi) is 6.17. The van der Waals surface area contributed by atoms with E-state index in [2.05, 4.69) is 16.6 Å². The summed E-state index contributed by atoms with van der Waals surface area (Å²) in [7, 11) is 1.36. The Morgan fingerprint density at radius 2 is 2.11 bits per heavy atom. The van der Waals surface area contributed by atoms with Crippen molar-refractivity contribution in [3.8, 4) is 11.8 Å². The molecule has 4 heteroatoms. The van der Waals surface area contributed by atoms with Crippen molar-refractivity contribution in [1.29, 1.82) is 0 Å². The maximum absolute atomic E-state index is 11.3. The Morgan fingerprint density at radius 1 is 1.37 bits per heavy atom. The highest BCUT2D eigenvalue weighted by atomic mass is 32.2. The summed E-state index contributed by atoms with van der Waals surface area (Å²) in [5.74, 6) is 6.43. The van der Waals surface area contributed by atoms with Gasteiger partial charge in [0.1, 0.15) is 0 Å². The molecule has 0 unspecified atom stereocenters. The molecule has 0 spiro atoms. The largest absolute Gasteiger partial charge is 0.465 e. The lowest BCUT2D eigenvalue weighted by Gasteiger charge is -2.02. The van der Waals surface area contributed by atoms with E-state index in [9.17, 15) is 9.59 Å². The topological polar surface area (TPSA) is 43.4 Å². The summed E-state index contributed by atoms with van der Waals surface area (Å²) >= 11 is 1.28. The van der Waals surface area contributed by atoms with Crippen molar-refractivity contribution in [3.05, 3.63) is 34.9 Å². The standard InChI is InChI=1S/C15H16O3S/c1-11-10-14(15(17)18-3)8-7-13(11)6-4-5-9-19-12(2)16/h7-8,10H,5,9H2,1-3H3. The van der Waals surface area contributed by atoms with E-state index in [1.165, 1.54) is 18.9 Å². The van der Waals surface area contributed by atoms with E-state index in [4.69, 9.17) is 0 Å². The van der Waals surface area contributed by atoms with E-state index >= 15 is 0 Å². The van der Waals surface area contributed by atoms with Crippen molar-refractivity contribution >= 4 is 22.8 Å². The van der Waals surface area contributed by atoms with Gasteiger partial charge in [-0.2, -0.15) is 0 Å². The molecule has 0 radical (unpaired) electrons. The molecule has 0 aromatic heterocycles. The molecule has 1 aromatic carbocycles. The quantitative estimate of drug-likeness (QED) is 0.484. The molecule has 0 saturated carbocycles. The van der Waals surface area contributed by atoms with Crippen molar-refractivity contribution in [2.24, 2.45) is 0 Å². The molecule has 0 saturated heterocycles. The van der Waals surface area contributed by atoms with E-state index in [-0.39, 0.29) is 11.1 Å².